The molecule has 2 N–H and O–H groups in total. The summed E-state index contributed by atoms with van der Waals surface area (Å²) < 4.78 is 26.7. The second-order valence-corrected chi connectivity index (χ2v) is 14.5. The lowest BCUT2D eigenvalue weighted by molar-refractivity contribution is -0.110. The number of fused-ring (bicyclic) bond motifs is 1. The van der Waals surface area contributed by atoms with Crippen LogP contribution in [0.5, 0.6) is 0 Å². The topological polar surface area (TPSA) is 103 Å². The Labute approximate surface area is 262 Å². The molecular weight excluding hydrogens is 607 g/mol. The molecule has 226 valence electrons. The molecule has 1 atom stereocenters. The highest BCUT2D eigenvalue weighted by atomic mass is 35.5. The number of hydrogen-bond donors (Lipinski definition) is 2. The van der Waals surface area contributed by atoms with E-state index in [1.165, 1.54) is 31.0 Å². The highest BCUT2D eigenvalue weighted by Gasteiger charge is 2.34. The van der Waals surface area contributed by atoms with Crippen molar-refractivity contribution in [2.45, 2.75) is 56.2 Å². The van der Waals surface area contributed by atoms with Crippen LogP contribution in [0.1, 0.15) is 64.1 Å². The largest absolute Gasteiger partial charge is 0.358 e. The fourth-order valence-electron chi connectivity index (χ4n) is 6.53. The van der Waals surface area contributed by atoms with E-state index in [0.717, 1.165) is 50.3 Å². The van der Waals surface area contributed by atoms with Gasteiger partial charge in [0, 0.05) is 51.8 Å². The summed E-state index contributed by atoms with van der Waals surface area (Å²) in [4.78, 5) is 34.8. The molecule has 3 aliphatic rings. The number of nitrogens with zero attached hydrogens (tertiary/aromatic N) is 2. The molecule has 0 bridgehead atoms. The van der Waals surface area contributed by atoms with Crippen molar-refractivity contribution in [3.05, 3.63) is 80.1 Å². The van der Waals surface area contributed by atoms with Crippen molar-refractivity contribution >= 4 is 62.2 Å². The number of nitrogens with one attached hydrogen (secondary N) is 2. The van der Waals surface area contributed by atoms with Crippen LogP contribution in [0.2, 0.25) is 10.0 Å². The van der Waals surface area contributed by atoms with Gasteiger partial charge in [0.15, 0.2) is 9.84 Å². The molecule has 0 radical (unpaired) electrons. The average Bonchev–Trinajstić information content (AvgIpc) is 3.75. The molecule has 3 aromatic rings. The minimum absolute atomic E-state index is 0.0157. The van der Waals surface area contributed by atoms with Crippen molar-refractivity contribution in [2.75, 3.05) is 31.5 Å². The zero-order valence-corrected chi connectivity index (χ0v) is 26.5. The number of amides is 2. The normalized spacial score (nSPS) is 19.8. The Bertz CT molecular complexity index is 1760. The number of aromatic nitrogens is 1. The van der Waals surface area contributed by atoms with Crippen LogP contribution in [-0.4, -0.2) is 67.2 Å². The Morgan fingerprint density at radius 1 is 1.05 bits per heavy atom. The van der Waals surface area contributed by atoms with Crippen LogP contribution < -0.4 is 5.32 Å². The lowest BCUT2D eigenvalue weighted by Crippen LogP contribution is -2.42. The fraction of sp³-hybridized carbons (Fsp3) is 0.375. The van der Waals surface area contributed by atoms with Crippen LogP contribution in [0.15, 0.2) is 41.3 Å². The third-order valence-corrected chi connectivity index (χ3v) is 11.0. The molecule has 0 spiro atoms. The maximum Gasteiger partial charge on any atom is 0.256 e. The lowest BCUT2D eigenvalue weighted by atomic mass is 10.0. The number of rotatable bonds is 7. The van der Waals surface area contributed by atoms with Crippen LogP contribution in [-0.2, 0) is 20.4 Å². The van der Waals surface area contributed by atoms with Gasteiger partial charge in [0.2, 0.25) is 0 Å². The third-order valence-electron chi connectivity index (χ3n) is 8.77. The molecule has 1 aromatic heterocycles. The molecule has 8 nitrogen and oxygen atoms in total. The second kappa shape index (κ2) is 11.8. The minimum Gasteiger partial charge on any atom is -0.358 e. The summed E-state index contributed by atoms with van der Waals surface area (Å²) >= 11 is 12.3. The van der Waals surface area contributed by atoms with Crippen molar-refractivity contribution in [1.82, 2.24) is 14.8 Å². The number of halogens is 2. The van der Waals surface area contributed by atoms with E-state index in [0.29, 0.717) is 43.7 Å². The molecule has 3 aliphatic heterocycles. The molecule has 2 fully saturated rings. The summed E-state index contributed by atoms with van der Waals surface area (Å²) in [6.45, 7) is 7.61. The number of benzene rings is 2. The molecule has 2 saturated heterocycles. The zero-order chi connectivity index (χ0) is 30.5. The molecule has 11 heteroatoms. The van der Waals surface area contributed by atoms with E-state index >= 15 is 0 Å². The standard InChI is InChI=1S/C32H34Cl2N4O4S/c1-19-29(35-20(2)30(19)32(40)38-13-5-6-23(38)17-37-11-3-4-12-37)16-26-25-15-24(8-10-28(25)36-31(26)39)43(41,42)18-21-14-22(33)7-9-27(21)34/h7-10,14-16,23,35H,3-6,11-13,17-18H2,1-2H3,(H,36,39)/t23-/m0/s1. The first-order valence-electron chi connectivity index (χ1n) is 14.6. The molecule has 2 aromatic carbocycles. The van der Waals surface area contributed by atoms with Gasteiger partial charge in [-0.25, -0.2) is 8.42 Å². The number of aromatic amines is 1. The first-order chi connectivity index (χ1) is 20.5. The second-order valence-electron chi connectivity index (χ2n) is 11.7. The van der Waals surface area contributed by atoms with Gasteiger partial charge in [0.25, 0.3) is 11.8 Å². The van der Waals surface area contributed by atoms with Crippen LogP contribution in [0.25, 0.3) is 11.6 Å². The van der Waals surface area contributed by atoms with Crippen LogP contribution in [0.4, 0.5) is 5.69 Å². The highest BCUT2D eigenvalue weighted by molar-refractivity contribution is 7.90. The predicted octanol–water partition coefficient (Wildman–Crippen LogP) is 6.11. The predicted molar refractivity (Wildman–Crippen MR) is 170 cm³/mol. The molecule has 0 aliphatic carbocycles. The van der Waals surface area contributed by atoms with E-state index in [2.05, 4.69) is 15.2 Å². The number of sulfone groups is 1. The first-order valence-corrected chi connectivity index (χ1v) is 17.0. The van der Waals surface area contributed by atoms with Crippen molar-refractivity contribution in [2.24, 2.45) is 0 Å². The number of aryl methyl sites for hydroxylation is 1. The van der Waals surface area contributed by atoms with E-state index in [9.17, 15) is 18.0 Å². The van der Waals surface area contributed by atoms with Gasteiger partial charge in [0.1, 0.15) is 0 Å². The van der Waals surface area contributed by atoms with Crippen molar-refractivity contribution in [1.29, 1.82) is 0 Å². The van der Waals surface area contributed by atoms with Crippen molar-refractivity contribution < 1.29 is 18.0 Å². The van der Waals surface area contributed by atoms with E-state index in [4.69, 9.17) is 23.2 Å². The Morgan fingerprint density at radius 2 is 1.81 bits per heavy atom. The Morgan fingerprint density at radius 3 is 2.58 bits per heavy atom. The van der Waals surface area contributed by atoms with Gasteiger partial charge in [-0.2, -0.15) is 0 Å². The number of hydrogen-bond acceptors (Lipinski definition) is 5. The monoisotopic (exact) mass is 640 g/mol. The van der Waals surface area contributed by atoms with E-state index in [1.54, 1.807) is 24.3 Å². The van der Waals surface area contributed by atoms with Crippen molar-refractivity contribution in [3.8, 4) is 0 Å². The highest BCUT2D eigenvalue weighted by Crippen LogP contribution is 2.37. The average molecular weight is 642 g/mol. The van der Waals surface area contributed by atoms with Gasteiger partial charge in [0.05, 0.1) is 21.8 Å². The zero-order valence-electron chi connectivity index (χ0n) is 24.2. The van der Waals surface area contributed by atoms with Crippen LogP contribution >= 0.6 is 23.2 Å². The molecule has 6 rings (SSSR count). The lowest BCUT2D eigenvalue weighted by Gasteiger charge is -2.28. The quantitative estimate of drug-likeness (QED) is 0.304. The van der Waals surface area contributed by atoms with Gasteiger partial charge in [-0.3, -0.25) is 9.59 Å². The van der Waals surface area contributed by atoms with E-state index < -0.39 is 9.84 Å². The number of carbonyl (C=O) groups is 2. The summed E-state index contributed by atoms with van der Waals surface area (Å²) in [7, 11) is -3.80. The maximum atomic E-state index is 13.8. The fourth-order valence-corrected chi connectivity index (χ4v) is 8.38. The van der Waals surface area contributed by atoms with Crippen LogP contribution in [0, 0.1) is 13.8 Å². The summed E-state index contributed by atoms with van der Waals surface area (Å²) in [5, 5.41) is 3.53. The molecule has 0 saturated carbocycles. The van der Waals surface area contributed by atoms with E-state index in [-0.39, 0.29) is 28.5 Å². The van der Waals surface area contributed by atoms with Gasteiger partial charge in [-0.1, -0.05) is 23.2 Å². The Hall–Kier alpha value is -3.11. The van der Waals surface area contributed by atoms with E-state index in [1.807, 2.05) is 18.7 Å². The summed E-state index contributed by atoms with van der Waals surface area (Å²) in [6.07, 6.45) is 6.14. The van der Waals surface area contributed by atoms with Gasteiger partial charge in [-0.15, -0.1) is 0 Å². The minimum atomic E-state index is -3.80. The number of carbonyl (C=O) groups excluding carboxylic acids is 2. The summed E-state index contributed by atoms with van der Waals surface area (Å²) in [5.41, 5.74) is 4.51. The van der Waals surface area contributed by atoms with Gasteiger partial charge in [-0.05, 0) is 106 Å². The SMILES string of the molecule is Cc1[nH]c(C=C2C(=O)Nc3ccc(S(=O)(=O)Cc4cc(Cl)ccc4Cl)cc32)c(C)c1C(=O)N1CCC[C@H]1CN1CCCC1. The first kappa shape index (κ1) is 29.9. The molecule has 4 heterocycles. The van der Waals surface area contributed by atoms with Crippen molar-refractivity contribution in [3.63, 3.8) is 0 Å². The number of likely N-dealkylation sites (tertiary alicyclic amines) is 2. The molecule has 0 unspecified atom stereocenters. The number of H-pyrrole nitrogens is 1. The van der Waals surface area contributed by atoms with Crippen LogP contribution in [0.3, 0.4) is 0 Å². The summed E-state index contributed by atoms with van der Waals surface area (Å²) in [6, 6.07) is 9.50. The summed E-state index contributed by atoms with van der Waals surface area (Å²) in [5.74, 6) is -0.657. The maximum absolute atomic E-state index is 13.8. The molecule has 43 heavy (non-hydrogen) atoms. The molecule has 2 amide bonds. The Kier molecular flexibility index (Phi) is 8.19. The smallest absolute Gasteiger partial charge is 0.256 e. The third kappa shape index (κ3) is 5.88. The number of anilines is 1. The van der Waals surface area contributed by atoms with Gasteiger partial charge >= 0.3 is 0 Å². The Balaban J connectivity index is 1.29. The molecular formula is C32H34Cl2N4O4S. The van der Waals surface area contributed by atoms with Gasteiger partial charge < -0.3 is 20.1 Å².